The molecule has 0 spiro atoms. The van der Waals surface area contributed by atoms with Crippen molar-refractivity contribution in [2.24, 2.45) is 5.92 Å². The summed E-state index contributed by atoms with van der Waals surface area (Å²) in [5, 5.41) is 3.64. The molecule has 0 aliphatic heterocycles. The van der Waals surface area contributed by atoms with Crippen LogP contribution in [0.2, 0.25) is 0 Å². The zero-order chi connectivity index (χ0) is 11.5. The van der Waals surface area contributed by atoms with Crippen molar-refractivity contribution in [2.45, 2.75) is 45.7 Å². The molecule has 2 atom stereocenters. The lowest BCUT2D eigenvalue weighted by atomic mass is 10.1. The van der Waals surface area contributed by atoms with E-state index in [4.69, 9.17) is 5.73 Å². The quantitative estimate of drug-likeness (QED) is 0.766. The van der Waals surface area contributed by atoms with Crippen molar-refractivity contribution in [3.8, 4) is 0 Å². The molecular weight excluding hydrogens is 196 g/mol. The first-order valence-corrected chi connectivity index (χ1v) is 6.24. The molecule has 0 saturated heterocycles. The summed E-state index contributed by atoms with van der Waals surface area (Å²) in [5.41, 5.74) is 9.36. The van der Waals surface area contributed by atoms with E-state index in [9.17, 15) is 0 Å². The van der Waals surface area contributed by atoms with E-state index in [1.54, 1.807) is 0 Å². The van der Waals surface area contributed by atoms with Gasteiger partial charge < -0.3 is 11.1 Å². The highest BCUT2D eigenvalue weighted by molar-refractivity contribution is 5.49. The molecule has 2 heteroatoms. The lowest BCUT2D eigenvalue weighted by Crippen LogP contribution is -2.26. The Morgan fingerprint density at radius 1 is 1.38 bits per heavy atom. The monoisotopic (exact) mass is 218 g/mol. The van der Waals surface area contributed by atoms with Gasteiger partial charge in [0.25, 0.3) is 0 Å². The SMILES string of the molecule is Cc1c(N)cccc1CNC1CCC(C)C1. The molecule has 2 nitrogen and oxygen atoms in total. The van der Waals surface area contributed by atoms with Crippen LogP contribution in [0.25, 0.3) is 0 Å². The van der Waals surface area contributed by atoms with Crippen LogP contribution in [0, 0.1) is 12.8 Å². The summed E-state index contributed by atoms with van der Waals surface area (Å²) in [7, 11) is 0. The molecule has 16 heavy (non-hydrogen) atoms. The summed E-state index contributed by atoms with van der Waals surface area (Å²) >= 11 is 0. The molecule has 1 aromatic carbocycles. The summed E-state index contributed by atoms with van der Waals surface area (Å²) in [6, 6.07) is 6.88. The Hall–Kier alpha value is -1.02. The van der Waals surface area contributed by atoms with Gasteiger partial charge in [0.2, 0.25) is 0 Å². The maximum atomic E-state index is 5.90. The van der Waals surface area contributed by atoms with Crippen LogP contribution in [0.3, 0.4) is 0 Å². The molecule has 1 aliphatic rings. The van der Waals surface area contributed by atoms with E-state index in [1.807, 2.05) is 12.1 Å². The van der Waals surface area contributed by atoms with Crippen LogP contribution in [0.15, 0.2) is 18.2 Å². The number of hydrogen-bond acceptors (Lipinski definition) is 2. The van der Waals surface area contributed by atoms with Crippen LogP contribution in [0.5, 0.6) is 0 Å². The van der Waals surface area contributed by atoms with Crippen LogP contribution in [-0.2, 0) is 6.54 Å². The maximum absolute atomic E-state index is 5.90. The average molecular weight is 218 g/mol. The molecule has 0 aromatic heterocycles. The molecule has 1 saturated carbocycles. The van der Waals surface area contributed by atoms with Crippen LogP contribution in [-0.4, -0.2) is 6.04 Å². The highest BCUT2D eigenvalue weighted by atomic mass is 14.9. The van der Waals surface area contributed by atoms with Crippen molar-refractivity contribution in [1.29, 1.82) is 0 Å². The van der Waals surface area contributed by atoms with Crippen LogP contribution in [0.1, 0.15) is 37.3 Å². The van der Waals surface area contributed by atoms with E-state index in [0.29, 0.717) is 6.04 Å². The van der Waals surface area contributed by atoms with Gasteiger partial charge in [-0.2, -0.15) is 0 Å². The van der Waals surface area contributed by atoms with Gasteiger partial charge in [0.15, 0.2) is 0 Å². The molecule has 2 unspecified atom stereocenters. The molecule has 0 radical (unpaired) electrons. The number of nitrogens with one attached hydrogen (secondary N) is 1. The third kappa shape index (κ3) is 2.56. The van der Waals surface area contributed by atoms with Crippen LogP contribution >= 0.6 is 0 Å². The Balaban J connectivity index is 1.92. The van der Waals surface area contributed by atoms with Gasteiger partial charge in [0.05, 0.1) is 0 Å². The number of rotatable bonds is 3. The van der Waals surface area contributed by atoms with E-state index in [1.165, 1.54) is 30.4 Å². The Kier molecular flexibility index (Phi) is 3.49. The fraction of sp³-hybridized carbons (Fsp3) is 0.571. The van der Waals surface area contributed by atoms with E-state index < -0.39 is 0 Å². The van der Waals surface area contributed by atoms with Crippen molar-refractivity contribution < 1.29 is 0 Å². The van der Waals surface area contributed by atoms with E-state index >= 15 is 0 Å². The number of nitrogen functional groups attached to an aromatic ring is 1. The van der Waals surface area contributed by atoms with Crippen molar-refractivity contribution in [1.82, 2.24) is 5.32 Å². The second-order valence-corrected chi connectivity index (χ2v) is 5.13. The summed E-state index contributed by atoms with van der Waals surface area (Å²) in [6.07, 6.45) is 4.01. The predicted octanol–water partition coefficient (Wildman–Crippen LogP) is 2.86. The van der Waals surface area contributed by atoms with Gasteiger partial charge in [-0.25, -0.2) is 0 Å². The minimum absolute atomic E-state index is 0.704. The average Bonchev–Trinajstić information content (AvgIpc) is 2.67. The first-order valence-electron chi connectivity index (χ1n) is 6.24. The minimum atomic E-state index is 0.704. The Morgan fingerprint density at radius 3 is 2.88 bits per heavy atom. The lowest BCUT2D eigenvalue weighted by Gasteiger charge is -2.14. The largest absolute Gasteiger partial charge is 0.399 e. The maximum Gasteiger partial charge on any atom is 0.0346 e. The Labute approximate surface area is 98.2 Å². The molecule has 0 amide bonds. The normalized spacial score (nSPS) is 24.9. The van der Waals surface area contributed by atoms with E-state index in [0.717, 1.165) is 18.2 Å². The van der Waals surface area contributed by atoms with Gasteiger partial charge in [-0.05, 0) is 49.3 Å². The van der Waals surface area contributed by atoms with Crippen LogP contribution in [0.4, 0.5) is 5.69 Å². The fourth-order valence-electron chi connectivity index (χ4n) is 2.54. The van der Waals surface area contributed by atoms with Gasteiger partial charge in [0, 0.05) is 18.3 Å². The molecular formula is C14H22N2. The summed E-state index contributed by atoms with van der Waals surface area (Å²) < 4.78 is 0. The molecule has 88 valence electrons. The standard InChI is InChI=1S/C14H22N2/c1-10-6-7-13(8-10)16-9-12-4-3-5-14(15)11(12)2/h3-5,10,13,16H,6-9,15H2,1-2H3. The Morgan fingerprint density at radius 2 is 2.19 bits per heavy atom. The fourth-order valence-corrected chi connectivity index (χ4v) is 2.54. The van der Waals surface area contributed by atoms with Crippen molar-refractivity contribution in [2.75, 3.05) is 5.73 Å². The number of benzene rings is 1. The van der Waals surface area contributed by atoms with Gasteiger partial charge in [0.1, 0.15) is 0 Å². The van der Waals surface area contributed by atoms with E-state index in [-0.39, 0.29) is 0 Å². The third-order valence-electron chi connectivity index (χ3n) is 3.76. The van der Waals surface area contributed by atoms with Gasteiger partial charge in [-0.1, -0.05) is 19.1 Å². The second kappa shape index (κ2) is 4.88. The summed E-state index contributed by atoms with van der Waals surface area (Å²) in [5.74, 6) is 0.888. The van der Waals surface area contributed by atoms with Crippen molar-refractivity contribution in [3.05, 3.63) is 29.3 Å². The number of nitrogens with two attached hydrogens (primary N) is 1. The molecule has 1 aromatic rings. The number of hydrogen-bond donors (Lipinski definition) is 2. The first-order chi connectivity index (χ1) is 7.66. The molecule has 1 fully saturated rings. The van der Waals surface area contributed by atoms with Gasteiger partial charge >= 0.3 is 0 Å². The molecule has 2 rings (SSSR count). The summed E-state index contributed by atoms with van der Waals surface area (Å²) in [6.45, 7) is 5.39. The van der Waals surface area contributed by atoms with Gasteiger partial charge in [-0.15, -0.1) is 0 Å². The molecule has 0 heterocycles. The smallest absolute Gasteiger partial charge is 0.0346 e. The Bertz CT molecular complexity index is 360. The van der Waals surface area contributed by atoms with Crippen molar-refractivity contribution in [3.63, 3.8) is 0 Å². The predicted molar refractivity (Wildman–Crippen MR) is 69.2 cm³/mol. The second-order valence-electron chi connectivity index (χ2n) is 5.13. The minimum Gasteiger partial charge on any atom is -0.399 e. The zero-order valence-corrected chi connectivity index (χ0v) is 10.3. The first kappa shape index (κ1) is 11.5. The molecule has 1 aliphatic carbocycles. The molecule has 0 bridgehead atoms. The third-order valence-corrected chi connectivity index (χ3v) is 3.76. The zero-order valence-electron chi connectivity index (χ0n) is 10.3. The number of anilines is 1. The van der Waals surface area contributed by atoms with Crippen LogP contribution < -0.4 is 11.1 Å². The molecule has 3 N–H and O–H groups in total. The van der Waals surface area contributed by atoms with E-state index in [2.05, 4.69) is 25.2 Å². The highest BCUT2D eigenvalue weighted by Gasteiger charge is 2.20. The lowest BCUT2D eigenvalue weighted by molar-refractivity contribution is 0.502. The van der Waals surface area contributed by atoms with Crippen molar-refractivity contribution >= 4 is 5.69 Å². The highest BCUT2D eigenvalue weighted by Crippen LogP contribution is 2.25. The van der Waals surface area contributed by atoms with Gasteiger partial charge in [-0.3, -0.25) is 0 Å². The topological polar surface area (TPSA) is 38.0 Å². The summed E-state index contributed by atoms with van der Waals surface area (Å²) in [4.78, 5) is 0.